The first kappa shape index (κ1) is 17.6. The maximum Gasteiger partial charge on any atom is 0.225 e. The number of likely N-dealkylation sites (tertiary alicyclic amines) is 1. The van der Waals surface area contributed by atoms with Crippen LogP contribution in [-0.4, -0.2) is 52.9 Å². The van der Waals surface area contributed by atoms with Gasteiger partial charge in [-0.1, -0.05) is 13.3 Å². The molecule has 0 unspecified atom stereocenters. The summed E-state index contributed by atoms with van der Waals surface area (Å²) >= 11 is 0. The fourth-order valence-electron chi connectivity index (χ4n) is 3.14. The Labute approximate surface area is 149 Å². The number of nitrogens with zero attached hydrogens (tertiary/aromatic N) is 5. The van der Waals surface area contributed by atoms with Gasteiger partial charge in [0.1, 0.15) is 0 Å². The van der Waals surface area contributed by atoms with Crippen molar-refractivity contribution in [2.45, 2.75) is 51.5 Å². The lowest BCUT2D eigenvalue weighted by molar-refractivity contribution is -0.133. The topological polar surface area (TPSA) is 74.9 Å². The lowest BCUT2D eigenvalue weighted by Gasteiger charge is -2.32. The van der Waals surface area contributed by atoms with Gasteiger partial charge in [0.25, 0.3) is 0 Å². The number of rotatable bonds is 6. The molecular formula is C18H28N6O. The Morgan fingerprint density at radius 3 is 2.76 bits per heavy atom. The summed E-state index contributed by atoms with van der Waals surface area (Å²) in [5.74, 6) is 1.21. The van der Waals surface area contributed by atoms with Crippen LogP contribution < -0.4 is 5.32 Å². The fraction of sp³-hybridized carbons (Fsp3) is 0.667. The number of guanidine groups is 1. The molecule has 1 aromatic rings. The summed E-state index contributed by atoms with van der Waals surface area (Å²) in [4.78, 5) is 22.5. The van der Waals surface area contributed by atoms with Gasteiger partial charge >= 0.3 is 0 Å². The van der Waals surface area contributed by atoms with Crippen molar-refractivity contribution in [3.8, 4) is 0 Å². The minimum absolute atomic E-state index is 0.314. The van der Waals surface area contributed by atoms with Crippen molar-refractivity contribution >= 4 is 24.3 Å². The molecule has 25 heavy (non-hydrogen) atoms. The third-order valence-corrected chi connectivity index (χ3v) is 4.86. The SMILES string of the molecule is C=N/C(=N\CCCC)Nc1cnn(C2CCN(C(=O)C3CC3)CC2)c1. The van der Waals surface area contributed by atoms with Crippen LogP contribution >= 0.6 is 0 Å². The van der Waals surface area contributed by atoms with E-state index in [0.717, 1.165) is 63.8 Å². The fourth-order valence-corrected chi connectivity index (χ4v) is 3.14. The molecule has 1 saturated heterocycles. The van der Waals surface area contributed by atoms with Crippen LogP contribution in [0.4, 0.5) is 5.69 Å². The molecule has 1 aliphatic carbocycles. The van der Waals surface area contributed by atoms with E-state index in [0.29, 0.717) is 23.8 Å². The average Bonchev–Trinajstić information content (AvgIpc) is 3.39. The first-order valence-corrected chi connectivity index (χ1v) is 9.32. The predicted molar refractivity (Wildman–Crippen MR) is 100 cm³/mol. The summed E-state index contributed by atoms with van der Waals surface area (Å²) in [6, 6.07) is 0.343. The molecule has 1 aromatic heterocycles. The maximum atomic E-state index is 12.1. The molecule has 7 heteroatoms. The van der Waals surface area contributed by atoms with Crippen molar-refractivity contribution in [3.63, 3.8) is 0 Å². The number of piperidine rings is 1. The Morgan fingerprint density at radius 2 is 2.12 bits per heavy atom. The second kappa shape index (κ2) is 8.27. The van der Waals surface area contributed by atoms with Gasteiger partial charge in [-0.25, -0.2) is 4.99 Å². The van der Waals surface area contributed by atoms with Gasteiger partial charge in [0, 0.05) is 31.7 Å². The van der Waals surface area contributed by atoms with Gasteiger partial charge in [0.05, 0.1) is 17.9 Å². The van der Waals surface area contributed by atoms with Crippen LogP contribution in [0.1, 0.15) is 51.5 Å². The Bertz CT molecular complexity index is 625. The van der Waals surface area contributed by atoms with E-state index in [-0.39, 0.29) is 0 Å². The van der Waals surface area contributed by atoms with E-state index in [1.165, 1.54) is 0 Å². The van der Waals surface area contributed by atoms with Gasteiger partial charge < -0.3 is 10.2 Å². The zero-order chi connectivity index (χ0) is 17.6. The molecule has 3 rings (SSSR count). The van der Waals surface area contributed by atoms with Crippen molar-refractivity contribution in [3.05, 3.63) is 12.4 Å². The normalized spacial score (nSPS) is 19.1. The van der Waals surface area contributed by atoms with Crippen LogP contribution in [-0.2, 0) is 4.79 Å². The predicted octanol–water partition coefficient (Wildman–Crippen LogP) is 2.73. The molecule has 1 amide bonds. The van der Waals surface area contributed by atoms with Crippen LogP contribution in [0.5, 0.6) is 0 Å². The molecule has 2 fully saturated rings. The first-order valence-electron chi connectivity index (χ1n) is 9.32. The third kappa shape index (κ3) is 4.67. The van der Waals surface area contributed by atoms with Gasteiger partial charge in [-0.15, -0.1) is 0 Å². The highest BCUT2D eigenvalue weighted by molar-refractivity contribution is 5.96. The van der Waals surface area contributed by atoms with Crippen LogP contribution in [0.3, 0.4) is 0 Å². The summed E-state index contributed by atoms with van der Waals surface area (Å²) in [6.07, 6.45) is 9.99. The van der Waals surface area contributed by atoms with Gasteiger partial charge in [-0.05, 0) is 38.8 Å². The summed E-state index contributed by atoms with van der Waals surface area (Å²) in [7, 11) is 0. The molecule has 0 bridgehead atoms. The second-order valence-electron chi connectivity index (χ2n) is 6.88. The number of anilines is 1. The molecule has 0 radical (unpaired) electrons. The smallest absolute Gasteiger partial charge is 0.225 e. The van der Waals surface area contributed by atoms with Crippen molar-refractivity contribution in [1.82, 2.24) is 14.7 Å². The monoisotopic (exact) mass is 344 g/mol. The zero-order valence-electron chi connectivity index (χ0n) is 15.0. The number of hydrogen-bond acceptors (Lipinski definition) is 3. The largest absolute Gasteiger partial charge is 0.342 e. The van der Waals surface area contributed by atoms with E-state index < -0.39 is 0 Å². The van der Waals surface area contributed by atoms with E-state index in [1.54, 1.807) is 6.20 Å². The highest BCUT2D eigenvalue weighted by Gasteiger charge is 2.35. The average molecular weight is 344 g/mol. The zero-order valence-corrected chi connectivity index (χ0v) is 15.0. The first-order chi connectivity index (χ1) is 12.2. The number of aromatic nitrogens is 2. The second-order valence-corrected chi connectivity index (χ2v) is 6.88. The van der Waals surface area contributed by atoms with E-state index in [9.17, 15) is 4.79 Å². The minimum atomic E-state index is 0.314. The van der Waals surface area contributed by atoms with Crippen molar-refractivity contribution in [2.75, 3.05) is 25.0 Å². The van der Waals surface area contributed by atoms with E-state index >= 15 is 0 Å². The molecule has 0 spiro atoms. The summed E-state index contributed by atoms with van der Waals surface area (Å²) in [5.41, 5.74) is 0.874. The van der Waals surface area contributed by atoms with Crippen LogP contribution in [0.2, 0.25) is 0 Å². The van der Waals surface area contributed by atoms with Crippen molar-refractivity contribution in [2.24, 2.45) is 15.9 Å². The third-order valence-electron chi connectivity index (χ3n) is 4.86. The van der Waals surface area contributed by atoms with E-state index in [1.807, 2.05) is 15.8 Å². The number of unbranched alkanes of at least 4 members (excludes halogenated alkanes) is 1. The lowest BCUT2D eigenvalue weighted by Crippen LogP contribution is -2.39. The highest BCUT2D eigenvalue weighted by Crippen LogP contribution is 2.33. The van der Waals surface area contributed by atoms with Crippen LogP contribution in [0, 0.1) is 5.92 Å². The summed E-state index contributed by atoms with van der Waals surface area (Å²) in [6.45, 7) is 8.12. The van der Waals surface area contributed by atoms with E-state index in [2.05, 4.69) is 34.0 Å². The molecular weight excluding hydrogens is 316 g/mol. The summed E-state index contributed by atoms with van der Waals surface area (Å²) in [5, 5.41) is 7.64. The number of carbonyl (C=O) groups is 1. The molecule has 136 valence electrons. The number of carbonyl (C=O) groups excluding carboxylic acids is 1. The summed E-state index contributed by atoms with van der Waals surface area (Å²) < 4.78 is 1.99. The number of aliphatic imine (C=N–C) groups is 2. The Kier molecular flexibility index (Phi) is 5.83. The standard InChI is InChI=1S/C18H28N6O/c1-3-4-9-20-18(19-2)22-15-12-21-24(13-15)16-7-10-23(11-8-16)17(25)14-5-6-14/h12-14,16H,2-11H2,1H3,(H,20,22). The van der Waals surface area contributed by atoms with Crippen LogP contribution in [0.15, 0.2) is 22.4 Å². The minimum Gasteiger partial charge on any atom is -0.342 e. The Hall–Kier alpha value is -2.18. The van der Waals surface area contributed by atoms with Crippen molar-refractivity contribution < 1.29 is 4.79 Å². The molecule has 1 aliphatic heterocycles. The molecule has 0 aromatic carbocycles. The van der Waals surface area contributed by atoms with E-state index in [4.69, 9.17) is 0 Å². The van der Waals surface area contributed by atoms with Gasteiger partial charge in [0.2, 0.25) is 11.9 Å². The van der Waals surface area contributed by atoms with Gasteiger partial charge in [-0.2, -0.15) is 5.10 Å². The number of amides is 1. The molecule has 7 nitrogen and oxygen atoms in total. The lowest BCUT2D eigenvalue weighted by atomic mass is 10.0. The highest BCUT2D eigenvalue weighted by atomic mass is 16.2. The number of nitrogens with one attached hydrogen (secondary N) is 1. The Balaban J connectivity index is 1.52. The molecule has 1 N–H and O–H groups in total. The molecule has 0 atom stereocenters. The molecule has 2 heterocycles. The van der Waals surface area contributed by atoms with Crippen LogP contribution in [0.25, 0.3) is 0 Å². The van der Waals surface area contributed by atoms with Gasteiger partial charge in [0.15, 0.2) is 0 Å². The van der Waals surface area contributed by atoms with Gasteiger partial charge in [-0.3, -0.25) is 14.5 Å². The Morgan fingerprint density at radius 1 is 1.36 bits per heavy atom. The maximum absolute atomic E-state index is 12.1. The molecule has 2 aliphatic rings. The van der Waals surface area contributed by atoms with Crippen molar-refractivity contribution in [1.29, 1.82) is 0 Å². The quantitative estimate of drug-likeness (QED) is 0.490. The number of hydrogen-bond donors (Lipinski definition) is 1. The molecule has 1 saturated carbocycles.